The van der Waals surface area contributed by atoms with E-state index in [2.05, 4.69) is 4.98 Å². The molecule has 0 bridgehead atoms. The summed E-state index contributed by atoms with van der Waals surface area (Å²) in [6.45, 7) is 2.62. The summed E-state index contributed by atoms with van der Waals surface area (Å²) in [5, 5.41) is 1.01. The normalized spacial score (nSPS) is 27.4. The van der Waals surface area contributed by atoms with Crippen LogP contribution in [0.3, 0.4) is 0 Å². The van der Waals surface area contributed by atoms with Gasteiger partial charge in [-0.15, -0.1) is 0 Å². The Bertz CT molecular complexity index is 676. The quantitative estimate of drug-likeness (QED) is 0.855. The predicted octanol–water partition coefficient (Wildman–Crippen LogP) is 4.19. The minimum Gasteiger partial charge on any atom is -0.494 e. The molecule has 2 fully saturated rings. The minimum atomic E-state index is 0.280. The van der Waals surface area contributed by atoms with E-state index in [1.54, 1.807) is 0 Å². The van der Waals surface area contributed by atoms with Gasteiger partial charge in [0, 0.05) is 28.6 Å². The van der Waals surface area contributed by atoms with Gasteiger partial charge in [0.25, 0.3) is 0 Å². The van der Waals surface area contributed by atoms with Gasteiger partial charge in [0.15, 0.2) is 5.78 Å². The third kappa shape index (κ3) is 2.06. The van der Waals surface area contributed by atoms with Crippen LogP contribution in [0.15, 0.2) is 24.4 Å². The van der Waals surface area contributed by atoms with Gasteiger partial charge < -0.3 is 9.72 Å². The summed E-state index contributed by atoms with van der Waals surface area (Å²) in [5.74, 6) is 2.78. The lowest BCUT2D eigenvalue weighted by molar-refractivity contribution is 0.0958. The maximum atomic E-state index is 12.9. The molecule has 0 spiro atoms. The van der Waals surface area contributed by atoms with Crippen LogP contribution in [0.1, 0.15) is 43.0 Å². The number of hydrogen-bond acceptors (Lipinski definition) is 2. The third-order valence-electron chi connectivity index (χ3n) is 5.19. The SMILES string of the molecule is CCOc1ccc2[nH]cc(C(=O)C3C4CCCCC43)c2c1. The van der Waals surface area contributed by atoms with Gasteiger partial charge in [-0.1, -0.05) is 12.8 Å². The molecule has 1 aromatic heterocycles. The molecule has 0 saturated heterocycles. The van der Waals surface area contributed by atoms with Gasteiger partial charge in [0.2, 0.25) is 0 Å². The summed E-state index contributed by atoms with van der Waals surface area (Å²) in [4.78, 5) is 16.1. The number of aromatic amines is 1. The number of fused-ring (bicyclic) bond motifs is 2. The Balaban J connectivity index is 1.66. The molecular weight excluding hydrogens is 262 g/mol. The minimum absolute atomic E-state index is 0.280. The fourth-order valence-electron chi connectivity index (χ4n) is 4.12. The van der Waals surface area contributed by atoms with Crippen LogP contribution in [-0.2, 0) is 0 Å². The van der Waals surface area contributed by atoms with E-state index in [1.165, 1.54) is 25.7 Å². The summed E-state index contributed by atoms with van der Waals surface area (Å²) in [5.41, 5.74) is 1.87. The first-order valence-electron chi connectivity index (χ1n) is 8.07. The first-order chi connectivity index (χ1) is 10.3. The Labute approximate surface area is 124 Å². The molecule has 0 amide bonds. The van der Waals surface area contributed by atoms with Crippen molar-refractivity contribution in [1.29, 1.82) is 0 Å². The second-order valence-corrected chi connectivity index (χ2v) is 6.34. The number of ether oxygens (including phenoxy) is 1. The second kappa shape index (κ2) is 4.90. The molecule has 110 valence electrons. The first-order valence-corrected chi connectivity index (χ1v) is 8.07. The molecule has 1 heterocycles. The van der Waals surface area contributed by atoms with Crippen LogP contribution in [0, 0.1) is 17.8 Å². The second-order valence-electron chi connectivity index (χ2n) is 6.34. The van der Waals surface area contributed by atoms with Crippen LogP contribution < -0.4 is 4.74 Å². The Morgan fingerprint density at radius 3 is 2.76 bits per heavy atom. The van der Waals surface area contributed by atoms with Crippen molar-refractivity contribution in [3.05, 3.63) is 30.0 Å². The molecule has 21 heavy (non-hydrogen) atoms. The van der Waals surface area contributed by atoms with Crippen molar-refractivity contribution < 1.29 is 9.53 Å². The molecule has 1 aromatic carbocycles. The number of H-pyrrole nitrogens is 1. The summed E-state index contributed by atoms with van der Waals surface area (Å²) in [6, 6.07) is 5.94. The van der Waals surface area contributed by atoms with Crippen molar-refractivity contribution in [3.63, 3.8) is 0 Å². The number of hydrogen-bond donors (Lipinski definition) is 1. The van der Waals surface area contributed by atoms with Crippen LogP contribution in [0.2, 0.25) is 0 Å². The number of ketones is 1. The largest absolute Gasteiger partial charge is 0.494 e. The zero-order valence-corrected chi connectivity index (χ0v) is 12.4. The summed E-state index contributed by atoms with van der Waals surface area (Å²) >= 11 is 0. The fourth-order valence-corrected chi connectivity index (χ4v) is 4.12. The lowest BCUT2D eigenvalue weighted by Gasteiger charge is -2.04. The van der Waals surface area contributed by atoms with E-state index in [0.717, 1.165) is 22.2 Å². The topological polar surface area (TPSA) is 42.1 Å². The van der Waals surface area contributed by atoms with Gasteiger partial charge in [-0.05, 0) is 49.8 Å². The molecule has 2 atom stereocenters. The number of Topliss-reactive ketones (excluding diaryl/α,β-unsaturated/α-hetero) is 1. The number of aromatic nitrogens is 1. The lowest BCUT2D eigenvalue weighted by atomic mass is 10.0. The molecule has 2 aromatic rings. The van der Waals surface area contributed by atoms with Crippen molar-refractivity contribution >= 4 is 16.7 Å². The first kappa shape index (κ1) is 12.9. The highest BCUT2D eigenvalue weighted by atomic mass is 16.5. The average Bonchev–Trinajstić information content (AvgIpc) is 3.09. The predicted molar refractivity (Wildman–Crippen MR) is 82.7 cm³/mol. The van der Waals surface area contributed by atoms with Crippen molar-refractivity contribution in [1.82, 2.24) is 4.98 Å². The Morgan fingerprint density at radius 1 is 1.29 bits per heavy atom. The molecule has 4 rings (SSSR count). The van der Waals surface area contributed by atoms with E-state index in [4.69, 9.17) is 4.74 Å². The summed E-state index contributed by atoms with van der Waals surface area (Å²) < 4.78 is 5.56. The molecule has 3 nitrogen and oxygen atoms in total. The number of carbonyl (C=O) groups excluding carboxylic acids is 1. The Morgan fingerprint density at radius 2 is 2.05 bits per heavy atom. The van der Waals surface area contributed by atoms with Crippen LogP contribution >= 0.6 is 0 Å². The maximum Gasteiger partial charge on any atom is 0.168 e. The van der Waals surface area contributed by atoms with E-state index in [-0.39, 0.29) is 5.92 Å². The molecule has 0 radical (unpaired) electrons. The van der Waals surface area contributed by atoms with Crippen molar-refractivity contribution in [2.45, 2.75) is 32.6 Å². The molecule has 2 aliphatic rings. The molecule has 2 unspecified atom stereocenters. The molecule has 2 saturated carbocycles. The van der Waals surface area contributed by atoms with E-state index < -0.39 is 0 Å². The van der Waals surface area contributed by atoms with Gasteiger partial charge in [0.1, 0.15) is 5.75 Å². The zero-order valence-electron chi connectivity index (χ0n) is 12.4. The number of rotatable bonds is 4. The highest BCUT2D eigenvalue weighted by Crippen LogP contribution is 2.56. The standard InChI is InChI=1S/C18H21NO2/c1-2-21-11-7-8-16-14(9-11)15(10-19-16)18(20)17-12-5-3-4-6-13(12)17/h7-10,12-13,17,19H,2-6H2,1H3. The average molecular weight is 283 g/mol. The van der Waals surface area contributed by atoms with Gasteiger partial charge in [-0.25, -0.2) is 0 Å². The van der Waals surface area contributed by atoms with E-state index >= 15 is 0 Å². The highest BCUT2D eigenvalue weighted by Gasteiger charge is 2.54. The number of nitrogens with one attached hydrogen (secondary N) is 1. The van der Waals surface area contributed by atoms with Crippen molar-refractivity contribution in [2.24, 2.45) is 17.8 Å². The van der Waals surface area contributed by atoms with E-state index in [9.17, 15) is 4.79 Å². The molecule has 0 aliphatic heterocycles. The smallest absolute Gasteiger partial charge is 0.168 e. The lowest BCUT2D eigenvalue weighted by Crippen LogP contribution is -2.03. The van der Waals surface area contributed by atoms with Gasteiger partial charge in [0.05, 0.1) is 6.61 Å². The highest BCUT2D eigenvalue weighted by molar-refractivity contribution is 6.10. The zero-order chi connectivity index (χ0) is 14.4. The summed E-state index contributed by atoms with van der Waals surface area (Å²) in [7, 11) is 0. The Hall–Kier alpha value is -1.77. The molecule has 3 heteroatoms. The van der Waals surface area contributed by atoms with Gasteiger partial charge in [-0.3, -0.25) is 4.79 Å². The number of carbonyl (C=O) groups is 1. The van der Waals surface area contributed by atoms with Gasteiger partial charge in [-0.2, -0.15) is 0 Å². The fraction of sp³-hybridized carbons (Fsp3) is 0.500. The van der Waals surface area contributed by atoms with Crippen LogP contribution in [0.25, 0.3) is 10.9 Å². The van der Waals surface area contributed by atoms with E-state index in [1.807, 2.05) is 31.3 Å². The Kier molecular flexibility index (Phi) is 3.02. The molecule has 2 aliphatic carbocycles. The van der Waals surface area contributed by atoms with Crippen LogP contribution in [-0.4, -0.2) is 17.4 Å². The van der Waals surface area contributed by atoms with Crippen LogP contribution in [0.5, 0.6) is 5.75 Å². The maximum absolute atomic E-state index is 12.9. The van der Waals surface area contributed by atoms with E-state index in [0.29, 0.717) is 24.2 Å². The van der Waals surface area contributed by atoms with Gasteiger partial charge >= 0.3 is 0 Å². The van der Waals surface area contributed by atoms with Crippen LogP contribution in [0.4, 0.5) is 0 Å². The van der Waals surface area contributed by atoms with Crippen molar-refractivity contribution in [2.75, 3.05) is 6.61 Å². The molecular formula is C18H21NO2. The molecule has 1 N–H and O–H groups in total. The number of benzene rings is 1. The third-order valence-corrected chi connectivity index (χ3v) is 5.19. The monoisotopic (exact) mass is 283 g/mol. The summed E-state index contributed by atoms with van der Waals surface area (Å²) in [6.07, 6.45) is 6.97. The van der Waals surface area contributed by atoms with Crippen molar-refractivity contribution in [3.8, 4) is 5.75 Å².